The fraction of sp³-hybridized carbons (Fsp3) is 0.562. The van der Waals surface area contributed by atoms with Crippen molar-refractivity contribution < 1.29 is 23.7 Å². The van der Waals surface area contributed by atoms with Gasteiger partial charge in [0.2, 0.25) is 5.75 Å². The van der Waals surface area contributed by atoms with Gasteiger partial charge in [0.25, 0.3) is 0 Å². The predicted molar refractivity (Wildman–Crippen MR) is 86.0 cm³/mol. The molecule has 1 fully saturated rings. The van der Waals surface area contributed by atoms with Gasteiger partial charge in [0.15, 0.2) is 18.0 Å². The molecular weight excluding hydrogens is 300 g/mol. The summed E-state index contributed by atoms with van der Waals surface area (Å²) in [5.74, 6) is 0.911. The second kappa shape index (κ2) is 8.59. The molecule has 7 heteroatoms. The molecule has 1 aliphatic rings. The van der Waals surface area contributed by atoms with Gasteiger partial charge in [0.05, 0.1) is 26.9 Å². The van der Waals surface area contributed by atoms with E-state index in [9.17, 15) is 4.79 Å². The van der Waals surface area contributed by atoms with E-state index >= 15 is 0 Å². The molecule has 1 aromatic rings. The lowest BCUT2D eigenvalue weighted by Crippen LogP contribution is -2.48. The summed E-state index contributed by atoms with van der Waals surface area (Å²) in [6, 6.07) is 3.18. The summed E-state index contributed by atoms with van der Waals surface area (Å²) in [6.07, 6.45) is 0. The molecule has 1 saturated heterocycles. The van der Waals surface area contributed by atoms with Crippen LogP contribution in [0.5, 0.6) is 17.2 Å². The maximum Gasteiger partial charge on any atom is 0.338 e. The summed E-state index contributed by atoms with van der Waals surface area (Å²) in [5.41, 5.74) is 0.375. The number of methoxy groups -OCH3 is 3. The van der Waals surface area contributed by atoms with Gasteiger partial charge in [-0.15, -0.1) is 0 Å². The van der Waals surface area contributed by atoms with E-state index in [0.717, 1.165) is 32.7 Å². The van der Waals surface area contributed by atoms with Crippen molar-refractivity contribution in [1.82, 2.24) is 10.2 Å². The number of esters is 1. The first kappa shape index (κ1) is 17.4. The third-order valence-electron chi connectivity index (χ3n) is 3.75. The Kier molecular flexibility index (Phi) is 6.49. The van der Waals surface area contributed by atoms with Crippen molar-refractivity contribution in [3.63, 3.8) is 0 Å². The SMILES string of the molecule is COc1cc(C(=O)OCC[N+]2CCNCC2)cc(OC)c1OC. The number of hydrogen-bond donors (Lipinski definition) is 1. The van der Waals surface area contributed by atoms with Crippen LogP contribution in [0.4, 0.5) is 0 Å². The van der Waals surface area contributed by atoms with E-state index in [2.05, 4.69) is 10.2 Å². The van der Waals surface area contributed by atoms with Crippen LogP contribution in [0.3, 0.4) is 0 Å². The average Bonchev–Trinajstić information content (AvgIpc) is 2.61. The second-order valence-electron chi connectivity index (χ2n) is 5.14. The molecule has 0 atom stereocenters. The van der Waals surface area contributed by atoms with Gasteiger partial charge in [-0.1, -0.05) is 0 Å². The molecule has 7 nitrogen and oxygen atoms in total. The standard InChI is InChI=1S/C16H24N2O5/c1-20-13-10-12(11-14(21-2)15(13)22-3)16(19)23-9-8-18-6-4-17-5-7-18/h10-11,17H,4-9H2,1-3H3/q+1. The van der Waals surface area contributed by atoms with Crippen LogP contribution in [0.15, 0.2) is 12.1 Å². The zero-order valence-electron chi connectivity index (χ0n) is 13.9. The fourth-order valence-electron chi connectivity index (χ4n) is 2.48. The van der Waals surface area contributed by atoms with Crippen LogP contribution in [0.1, 0.15) is 10.4 Å². The van der Waals surface area contributed by atoms with Crippen molar-refractivity contribution >= 4 is 5.97 Å². The van der Waals surface area contributed by atoms with Gasteiger partial charge in [-0.3, -0.25) is 0 Å². The van der Waals surface area contributed by atoms with Gasteiger partial charge in [0, 0.05) is 13.1 Å². The third kappa shape index (κ3) is 4.49. The van der Waals surface area contributed by atoms with Gasteiger partial charge >= 0.3 is 5.97 Å². The molecule has 0 amide bonds. The average molecular weight is 324 g/mol. The van der Waals surface area contributed by atoms with Crippen molar-refractivity contribution in [2.45, 2.75) is 0 Å². The highest BCUT2D eigenvalue weighted by molar-refractivity contribution is 5.91. The van der Waals surface area contributed by atoms with E-state index < -0.39 is 5.97 Å². The number of nitrogens with zero attached hydrogens (tertiary/aromatic N) is 1. The van der Waals surface area contributed by atoms with Gasteiger partial charge in [-0.2, -0.15) is 4.90 Å². The lowest BCUT2D eigenvalue weighted by molar-refractivity contribution is 0.0488. The minimum atomic E-state index is -0.403. The molecule has 1 N–H and O–H groups in total. The maximum atomic E-state index is 12.2. The lowest BCUT2D eigenvalue weighted by Gasteiger charge is -2.18. The van der Waals surface area contributed by atoms with Crippen molar-refractivity contribution in [2.75, 3.05) is 60.7 Å². The van der Waals surface area contributed by atoms with E-state index in [1.54, 1.807) is 12.1 Å². The number of benzene rings is 1. The minimum Gasteiger partial charge on any atom is -0.493 e. The quantitative estimate of drug-likeness (QED) is 0.585. The monoisotopic (exact) mass is 324 g/mol. The van der Waals surface area contributed by atoms with Crippen LogP contribution in [-0.2, 0) is 4.74 Å². The Morgan fingerprint density at radius 2 is 1.70 bits per heavy atom. The Balaban J connectivity index is 1.98. The Morgan fingerprint density at radius 3 is 2.22 bits per heavy atom. The zero-order valence-corrected chi connectivity index (χ0v) is 13.9. The fourth-order valence-corrected chi connectivity index (χ4v) is 2.48. The number of hydrogen-bond acceptors (Lipinski definition) is 7. The van der Waals surface area contributed by atoms with Crippen molar-refractivity contribution in [2.24, 2.45) is 0 Å². The number of rotatable bonds is 7. The van der Waals surface area contributed by atoms with Crippen molar-refractivity contribution in [1.29, 1.82) is 0 Å². The van der Waals surface area contributed by atoms with E-state index in [-0.39, 0.29) is 0 Å². The summed E-state index contributed by atoms with van der Waals surface area (Å²) >= 11 is 0. The topological polar surface area (TPSA) is 71.9 Å². The van der Waals surface area contributed by atoms with Crippen LogP contribution in [-0.4, -0.2) is 66.6 Å². The summed E-state index contributed by atoms with van der Waals surface area (Å²) < 4.78 is 21.1. The van der Waals surface area contributed by atoms with E-state index in [0.29, 0.717) is 29.4 Å². The van der Waals surface area contributed by atoms with E-state index in [4.69, 9.17) is 18.9 Å². The molecule has 1 aliphatic heterocycles. The molecule has 23 heavy (non-hydrogen) atoms. The summed E-state index contributed by atoms with van der Waals surface area (Å²) in [5, 5.41) is 3.29. The molecule has 0 spiro atoms. The summed E-state index contributed by atoms with van der Waals surface area (Å²) in [6.45, 7) is 4.98. The number of carbonyl (C=O) groups is 1. The Bertz CT molecular complexity index is 504. The van der Waals surface area contributed by atoms with E-state index in [1.807, 2.05) is 0 Å². The molecule has 1 radical (unpaired) electrons. The summed E-state index contributed by atoms with van der Waals surface area (Å²) in [7, 11) is 4.54. The molecule has 127 valence electrons. The first-order valence-corrected chi connectivity index (χ1v) is 7.59. The molecular formula is C16H24N2O5+. The molecule has 1 aromatic carbocycles. The van der Waals surface area contributed by atoms with Crippen LogP contribution >= 0.6 is 0 Å². The van der Waals surface area contributed by atoms with Gasteiger partial charge in [0.1, 0.15) is 19.7 Å². The van der Waals surface area contributed by atoms with Crippen LogP contribution in [0.2, 0.25) is 0 Å². The highest BCUT2D eigenvalue weighted by Gasteiger charge is 2.21. The normalized spacial score (nSPS) is 15.1. The molecule has 0 aliphatic carbocycles. The largest absolute Gasteiger partial charge is 0.493 e. The smallest absolute Gasteiger partial charge is 0.338 e. The Hall–Kier alpha value is -1.99. The number of nitrogens with one attached hydrogen (secondary N) is 1. The Labute approximate surface area is 136 Å². The van der Waals surface area contributed by atoms with Crippen LogP contribution in [0, 0.1) is 0 Å². The number of ether oxygens (including phenoxy) is 4. The number of piperazine rings is 1. The van der Waals surface area contributed by atoms with Gasteiger partial charge in [-0.05, 0) is 12.1 Å². The molecule has 1 heterocycles. The van der Waals surface area contributed by atoms with Crippen molar-refractivity contribution in [3.05, 3.63) is 17.7 Å². The highest BCUT2D eigenvalue weighted by Crippen LogP contribution is 2.38. The molecule has 2 rings (SSSR count). The van der Waals surface area contributed by atoms with Crippen molar-refractivity contribution in [3.8, 4) is 17.2 Å². The predicted octanol–water partition coefficient (Wildman–Crippen LogP) is 0.613. The first-order valence-electron chi connectivity index (χ1n) is 7.59. The van der Waals surface area contributed by atoms with Gasteiger partial charge < -0.3 is 24.3 Å². The van der Waals surface area contributed by atoms with Crippen LogP contribution in [0.25, 0.3) is 0 Å². The van der Waals surface area contributed by atoms with E-state index in [1.165, 1.54) is 21.3 Å². The molecule has 0 unspecified atom stereocenters. The summed E-state index contributed by atoms with van der Waals surface area (Å²) in [4.78, 5) is 14.5. The minimum absolute atomic E-state index is 0.357. The highest BCUT2D eigenvalue weighted by atomic mass is 16.5. The third-order valence-corrected chi connectivity index (χ3v) is 3.75. The lowest BCUT2D eigenvalue weighted by atomic mass is 10.2. The first-order chi connectivity index (χ1) is 11.2. The number of carbonyl (C=O) groups excluding carboxylic acids is 1. The van der Waals surface area contributed by atoms with Gasteiger partial charge in [-0.25, -0.2) is 4.79 Å². The Morgan fingerprint density at radius 1 is 1.09 bits per heavy atom. The molecule has 0 bridgehead atoms. The zero-order chi connectivity index (χ0) is 16.7. The van der Waals surface area contributed by atoms with Crippen LogP contribution < -0.4 is 24.4 Å². The maximum absolute atomic E-state index is 12.2. The second-order valence-corrected chi connectivity index (χ2v) is 5.14. The molecule has 0 saturated carbocycles. The molecule has 0 aromatic heterocycles.